The van der Waals surface area contributed by atoms with Crippen molar-refractivity contribution in [3.63, 3.8) is 0 Å². The van der Waals surface area contributed by atoms with Gasteiger partial charge in [0.05, 0.1) is 0 Å². The van der Waals surface area contributed by atoms with E-state index in [1.165, 1.54) is 27.8 Å². The van der Waals surface area contributed by atoms with Crippen molar-refractivity contribution < 1.29 is 0 Å². The van der Waals surface area contributed by atoms with Crippen LogP contribution in [0.25, 0.3) is 16.7 Å². The summed E-state index contributed by atoms with van der Waals surface area (Å²) in [4.78, 5) is 0. The number of benzene rings is 2. The zero-order valence-corrected chi connectivity index (χ0v) is 12.1. The van der Waals surface area contributed by atoms with E-state index in [0.717, 1.165) is 0 Å². The summed E-state index contributed by atoms with van der Waals surface area (Å²) in [6, 6.07) is 17.1. The summed E-state index contributed by atoms with van der Waals surface area (Å²) in [7, 11) is 0. The summed E-state index contributed by atoms with van der Waals surface area (Å²) in [6.45, 7) is 7.97. The van der Waals surface area contributed by atoms with E-state index in [2.05, 4.69) is 68.1 Å². The minimum atomic E-state index is 1.18. The Morgan fingerprint density at radius 1 is 1.00 bits per heavy atom. The SMILES string of the molecule is C=C/C=C(\C=C/C)c1cc(C)cc(-c2ccccc2)c1. The van der Waals surface area contributed by atoms with Crippen LogP contribution in [0.15, 0.2) is 79.4 Å². The normalized spacial score (nSPS) is 11.8. The average molecular weight is 260 g/mol. The number of hydrogen-bond donors (Lipinski definition) is 0. The topological polar surface area (TPSA) is 0 Å². The molecule has 0 fully saturated rings. The van der Waals surface area contributed by atoms with Crippen molar-refractivity contribution in [1.29, 1.82) is 0 Å². The Morgan fingerprint density at radius 3 is 2.40 bits per heavy atom. The minimum absolute atomic E-state index is 1.18. The van der Waals surface area contributed by atoms with Gasteiger partial charge in [0.15, 0.2) is 0 Å². The quantitative estimate of drug-likeness (QED) is 0.609. The molecule has 0 saturated carbocycles. The molecule has 0 bridgehead atoms. The second-order valence-electron chi connectivity index (χ2n) is 4.81. The lowest BCUT2D eigenvalue weighted by atomic mass is 9.96. The van der Waals surface area contributed by atoms with Gasteiger partial charge in [-0.15, -0.1) is 0 Å². The fourth-order valence-electron chi connectivity index (χ4n) is 2.30. The molecule has 0 nitrogen and oxygen atoms in total. The zero-order chi connectivity index (χ0) is 14.4. The molecule has 100 valence electrons. The van der Waals surface area contributed by atoms with Crippen LogP contribution in [0.1, 0.15) is 18.1 Å². The molecule has 0 aliphatic carbocycles. The molecule has 0 heterocycles. The predicted molar refractivity (Wildman–Crippen MR) is 89.6 cm³/mol. The highest BCUT2D eigenvalue weighted by molar-refractivity contribution is 5.79. The van der Waals surface area contributed by atoms with E-state index >= 15 is 0 Å². The zero-order valence-electron chi connectivity index (χ0n) is 12.1. The van der Waals surface area contributed by atoms with Crippen molar-refractivity contribution >= 4 is 5.57 Å². The van der Waals surface area contributed by atoms with Crippen molar-refractivity contribution in [3.05, 3.63) is 90.5 Å². The summed E-state index contributed by atoms with van der Waals surface area (Å²) < 4.78 is 0. The summed E-state index contributed by atoms with van der Waals surface area (Å²) in [6.07, 6.45) is 8.05. The Labute approximate surface area is 121 Å². The molecule has 2 rings (SSSR count). The molecule has 2 aromatic rings. The highest BCUT2D eigenvalue weighted by atomic mass is 14.1. The third-order valence-electron chi connectivity index (χ3n) is 3.16. The molecule has 0 aliphatic heterocycles. The predicted octanol–water partition coefficient (Wildman–Crippen LogP) is 5.81. The lowest BCUT2D eigenvalue weighted by Crippen LogP contribution is -1.86. The van der Waals surface area contributed by atoms with Gasteiger partial charge in [0.2, 0.25) is 0 Å². The molecule has 0 heteroatoms. The molecular weight excluding hydrogens is 240 g/mol. The molecule has 0 atom stereocenters. The first-order valence-electron chi connectivity index (χ1n) is 6.87. The molecule has 0 aromatic heterocycles. The van der Waals surface area contributed by atoms with E-state index < -0.39 is 0 Å². The Balaban J connectivity index is 2.54. The van der Waals surface area contributed by atoms with Gasteiger partial charge in [-0.25, -0.2) is 0 Å². The Kier molecular flexibility index (Phi) is 4.73. The second-order valence-corrected chi connectivity index (χ2v) is 4.81. The van der Waals surface area contributed by atoms with Crippen LogP contribution in [-0.4, -0.2) is 0 Å². The summed E-state index contributed by atoms with van der Waals surface area (Å²) in [5, 5.41) is 0. The molecule has 0 saturated heterocycles. The van der Waals surface area contributed by atoms with Gasteiger partial charge >= 0.3 is 0 Å². The van der Waals surface area contributed by atoms with Crippen LogP contribution in [0, 0.1) is 6.92 Å². The van der Waals surface area contributed by atoms with Gasteiger partial charge in [-0.3, -0.25) is 0 Å². The van der Waals surface area contributed by atoms with Crippen LogP contribution in [0.2, 0.25) is 0 Å². The molecule has 0 amide bonds. The van der Waals surface area contributed by atoms with Gasteiger partial charge < -0.3 is 0 Å². The van der Waals surface area contributed by atoms with E-state index in [-0.39, 0.29) is 0 Å². The lowest BCUT2D eigenvalue weighted by molar-refractivity contribution is 1.44. The van der Waals surface area contributed by atoms with Gasteiger partial charge in [0.25, 0.3) is 0 Å². The third-order valence-corrected chi connectivity index (χ3v) is 3.16. The van der Waals surface area contributed by atoms with Crippen LogP contribution in [-0.2, 0) is 0 Å². The molecule has 0 N–H and O–H groups in total. The van der Waals surface area contributed by atoms with Crippen LogP contribution in [0.4, 0.5) is 0 Å². The monoisotopic (exact) mass is 260 g/mol. The van der Waals surface area contributed by atoms with Crippen molar-refractivity contribution in [2.75, 3.05) is 0 Å². The first-order chi connectivity index (χ1) is 9.74. The van der Waals surface area contributed by atoms with Crippen LogP contribution < -0.4 is 0 Å². The standard InChI is InChI=1S/C20H20/c1-4-9-17(10-5-2)19-13-16(3)14-20(15-19)18-11-7-6-8-12-18/h4-15H,1H2,2-3H3/b10-5-,17-9+. The van der Waals surface area contributed by atoms with Crippen molar-refractivity contribution in [3.8, 4) is 11.1 Å². The maximum absolute atomic E-state index is 3.80. The fraction of sp³-hybridized carbons (Fsp3) is 0.100. The third kappa shape index (κ3) is 3.36. The van der Waals surface area contributed by atoms with E-state index in [4.69, 9.17) is 0 Å². The summed E-state index contributed by atoms with van der Waals surface area (Å²) in [5.41, 5.74) is 6.17. The Morgan fingerprint density at radius 2 is 1.75 bits per heavy atom. The van der Waals surface area contributed by atoms with Gasteiger partial charge in [0, 0.05) is 0 Å². The summed E-state index contributed by atoms with van der Waals surface area (Å²) >= 11 is 0. The van der Waals surface area contributed by atoms with Gasteiger partial charge in [-0.2, -0.15) is 0 Å². The molecule has 0 aliphatic rings. The smallest absolute Gasteiger partial charge is 0.0175 e. The van der Waals surface area contributed by atoms with Crippen molar-refractivity contribution in [2.24, 2.45) is 0 Å². The molecule has 0 unspecified atom stereocenters. The van der Waals surface area contributed by atoms with Crippen LogP contribution >= 0.6 is 0 Å². The van der Waals surface area contributed by atoms with E-state index in [0.29, 0.717) is 0 Å². The van der Waals surface area contributed by atoms with Gasteiger partial charge in [0.1, 0.15) is 0 Å². The van der Waals surface area contributed by atoms with E-state index in [9.17, 15) is 0 Å². The highest BCUT2D eigenvalue weighted by Crippen LogP contribution is 2.26. The highest BCUT2D eigenvalue weighted by Gasteiger charge is 2.03. The van der Waals surface area contributed by atoms with Gasteiger partial charge in [-0.1, -0.05) is 73.3 Å². The number of rotatable bonds is 4. The Hall–Kier alpha value is -2.34. The first kappa shape index (κ1) is 14.1. The maximum atomic E-state index is 3.80. The first-order valence-corrected chi connectivity index (χ1v) is 6.87. The molecule has 0 radical (unpaired) electrons. The van der Waals surface area contributed by atoms with Crippen LogP contribution in [0.3, 0.4) is 0 Å². The lowest BCUT2D eigenvalue weighted by Gasteiger charge is -2.09. The average Bonchev–Trinajstić information content (AvgIpc) is 2.47. The van der Waals surface area contributed by atoms with Crippen molar-refractivity contribution in [2.45, 2.75) is 13.8 Å². The van der Waals surface area contributed by atoms with E-state index in [1.807, 2.05) is 25.1 Å². The number of hydrogen-bond acceptors (Lipinski definition) is 0. The Bertz CT molecular complexity index is 643. The van der Waals surface area contributed by atoms with E-state index in [1.54, 1.807) is 0 Å². The molecule has 20 heavy (non-hydrogen) atoms. The summed E-state index contributed by atoms with van der Waals surface area (Å²) in [5.74, 6) is 0. The van der Waals surface area contributed by atoms with Crippen LogP contribution in [0.5, 0.6) is 0 Å². The number of allylic oxidation sites excluding steroid dienone is 5. The fourth-order valence-corrected chi connectivity index (χ4v) is 2.30. The molecule has 0 spiro atoms. The van der Waals surface area contributed by atoms with Crippen molar-refractivity contribution in [1.82, 2.24) is 0 Å². The number of aryl methyl sites for hydroxylation is 1. The largest absolute Gasteiger partial charge is 0.0990 e. The molecular formula is C20H20. The minimum Gasteiger partial charge on any atom is -0.0990 e. The molecule has 2 aromatic carbocycles. The maximum Gasteiger partial charge on any atom is -0.0175 e. The second kappa shape index (κ2) is 6.72. The van der Waals surface area contributed by atoms with Gasteiger partial charge in [-0.05, 0) is 47.7 Å².